The topological polar surface area (TPSA) is 69.2 Å². The summed E-state index contributed by atoms with van der Waals surface area (Å²) < 4.78 is 16.5. The van der Waals surface area contributed by atoms with Crippen LogP contribution in [-0.2, 0) is 20.9 Å². The van der Waals surface area contributed by atoms with Gasteiger partial charge in [-0.05, 0) is 48.9 Å². The fourth-order valence-electron chi connectivity index (χ4n) is 2.62. The highest BCUT2D eigenvalue weighted by Gasteiger charge is 2.33. The van der Waals surface area contributed by atoms with Crippen molar-refractivity contribution in [2.24, 2.45) is 5.10 Å². The lowest BCUT2D eigenvalue weighted by Gasteiger charge is -2.20. The molecule has 6 nitrogen and oxygen atoms in total. The van der Waals surface area contributed by atoms with Crippen LogP contribution < -0.4 is 10.2 Å². The SMILES string of the molecule is CC1(CC(=O)NN=Cc2ccc(OCc3ccc(Cl)cc3Cl)cc2)OCCO1. The lowest BCUT2D eigenvalue weighted by molar-refractivity contribution is -0.159. The number of carbonyl (C=O) groups is 1. The molecule has 0 unspecified atom stereocenters. The van der Waals surface area contributed by atoms with Crippen molar-refractivity contribution in [3.05, 3.63) is 63.6 Å². The Hall–Kier alpha value is -2.12. The second-order valence-corrected chi connectivity index (χ2v) is 7.24. The second kappa shape index (κ2) is 9.39. The largest absolute Gasteiger partial charge is 0.489 e. The highest BCUT2D eigenvalue weighted by atomic mass is 35.5. The molecular weight excluding hydrogens is 403 g/mol. The van der Waals surface area contributed by atoms with Crippen molar-refractivity contribution in [1.29, 1.82) is 0 Å². The molecule has 0 spiro atoms. The first-order valence-corrected chi connectivity index (χ1v) is 9.46. The molecule has 2 aromatic carbocycles. The van der Waals surface area contributed by atoms with E-state index in [2.05, 4.69) is 10.5 Å². The molecule has 1 fully saturated rings. The summed E-state index contributed by atoms with van der Waals surface area (Å²) in [5.74, 6) is -0.456. The molecule has 1 N–H and O–H groups in total. The molecule has 0 bridgehead atoms. The molecule has 8 heteroatoms. The summed E-state index contributed by atoms with van der Waals surface area (Å²) in [5.41, 5.74) is 4.14. The van der Waals surface area contributed by atoms with E-state index in [-0.39, 0.29) is 12.3 Å². The van der Waals surface area contributed by atoms with E-state index in [0.717, 1.165) is 11.1 Å². The van der Waals surface area contributed by atoms with Crippen molar-refractivity contribution < 1.29 is 19.0 Å². The lowest BCUT2D eigenvalue weighted by atomic mass is 10.2. The lowest BCUT2D eigenvalue weighted by Crippen LogP contribution is -2.33. The molecule has 28 heavy (non-hydrogen) atoms. The van der Waals surface area contributed by atoms with Crippen molar-refractivity contribution >= 4 is 35.3 Å². The summed E-state index contributed by atoms with van der Waals surface area (Å²) in [6.45, 7) is 3.05. The zero-order chi connectivity index (χ0) is 20.0. The predicted octanol–water partition coefficient (Wildman–Crippen LogP) is 4.18. The number of hydrazone groups is 1. The number of hydrogen-bond acceptors (Lipinski definition) is 5. The molecule has 1 aliphatic heterocycles. The van der Waals surface area contributed by atoms with E-state index in [1.165, 1.54) is 0 Å². The number of carbonyl (C=O) groups excluding carboxylic acids is 1. The molecule has 2 aromatic rings. The predicted molar refractivity (Wildman–Crippen MR) is 108 cm³/mol. The monoisotopic (exact) mass is 422 g/mol. The first-order chi connectivity index (χ1) is 13.4. The number of ether oxygens (including phenoxy) is 3. The average molecular weight is 423 g/mol. The molecule has 1 aliphatic rings. The van der Waals surface area contributed by atoms with Gasteiger partial charge in [0, 0.05) is 15.6 Å². The number of hydrogen-bond donors (Lipinski definition) is 1. The third-order valence-corrected chi connectivity index (χ3v) is 4.66. The van der Waals surface area contributed by atoms with Crippen LogP contribution in [0.3, 0.4) is 0 Å². The standard InChI is InChI=1S/C20H20Cl2N2O4/c1-20(27-8-9-28-20)11-19(25)24-23-12-14-2-6-17(7-3-14)26-13-15-4-5-16(21)10-18(15)22/h2-7,10,12H,8-9,11,13H2,1H3,(H,24,25). The third kappa shape index (κ3) is 5.94. The Bertz CT molecular complexity index is 850. The van der Waals surface area contributed by atoms with Crippen LogP contribution in [0.1, 0.15) is 24.5 Å². The number of nitrogens with zero attached hydrogens (tertiary/aromatic N) is 1. The molecule has 0 saturated carbocycles. The maximum Gasteiger partial charge on any atom is 0.245 e. The van der Waals surface area contributed by atoms with Crippen LogP contribution in [0.5, 0.6) is 5.75 Å². The van der Waals surface area contributed by atoms with Gasteiger partial charge in [0.2, 0.25) is 5.91 Å². The Balaban J connectivity index is 1.47. The van der Waals surface area contributed by atoms with Crippen LogP contribution in [0.4, 0.5) is 0 Å². The first kappa shape index (κ1) is 20.6. The molecule has 0 radical (unpaired) electrons. The van der Waals surface area contributed by atoms with Gasteiger partial charge in [-0.25, -0.2) is 5.43 Å². The minimum absolute atomic E-state index is 0.0877. The molecular formula is C20H20Cl2N2O4. The maximum atomic E-state index is 11.9. The zero-order valence-electron chi connectivity index (χ0n) is 15.3. The highest BCUT2D eigenvalue weighted by Crippen LogP contribution is 2.23. The van der Waals surface area contributed by atoms with Crippen LogP contribution in [-0.4, -0.2) is 31.1 Å². The van der Waals surface area contributed by atoms with E-state index in [1.54, 1.807) is 25.3 Å². The van der Waals surface area contributed by atoms with Gasteiger partial charge in [-0.1, -0.05) is 29.3 Å². The van der Waals surface area contributed by atoms with Gasteiger partial charge in [0.15, 0.2) is 5.79 Å². The average Bonchev–Trinajstić information content (AvgIpc) is 3.08. The van der Waals surface area contributed by atoms with Crippen molar-refractivity contribution in [2.45, 2.75) is 25.7 Å². The molecule has 1 amide bonds. The molecule has 3 rings (SSSR count). The van der Waals surface area contributed by atoms with Gasteiger partial charge >= 0.3 is 0 Å². The molecule has 0 atom stereocenters. The number of benzene rings is 2. The van der Waals surface area contributed by atoms with Crippen LogP contribution in [0, 0.1) is 0 Å². The Morgan fingerprint density at radius 2 is 1.93 bits per heavy atom. The minimum Gasteiger partial charge on any atom is -0.489 e. The van der Waals surface area contributed by atoms with Crippen molar-refractivity contribution in [3.8, 4) is 5.75 Å². The van der Waals surface area contributed by atoms with E-state index in [9.17, 15) is 4.79 Å². The van der Waals surface area contributed by atoms with E-state index in [1.807, 2.05) is 30.3 Å². The number of amides is 1. The molecule has 148 valence electrons. The summed E-state index contributed by atoms with van der Waals surface area (Å²) in [6, 6.07) is 12.6. The van der Waals surface area contributed by atoms with Gasteiger partial charge < -0.3 is 14.2 Å². The Kier molecular flexibility index (Phi) is 6.91. The van der Waals surface area contributed by atoms with Crippen LogP contribution in [0.25, 0.3) is 0 Å². The van der Waals surface area contributed by atoms with Crippen LogP contribution >= 0.6 is 23.2 Å². The molecule has 1 saturated heterocycles. The van der Waals surface area contributed by atoms with Gasteiger partial charge in [0.05, 0.1) is 25.8 Å². The third-order valence-electron chi connectivity index (χ3n) is 4.07. The first-order valence-electron chi connectivity index (χ1n) is 8.70. The van der Waals surface area contributed by atoms with E-state index < -0.39 is 5.79 Å². The summed E-state index contributed by atoms with van der Waals surface area (Å²) in [5, 5.41) is 5.10. The quantitative estimate of drug-likeness (QED) is 0.536. The molecule has 0 aliphatic carbocycles. The summed E-state index contributed by atoms with van der Waals surface area (Å²) in [6.07, 6.45) is 1.64. The molecule has 0 aromatic heterocycles. The van der Waals surface area contributed by atoms with Gasteiger partial charge in [-0.2, -0.15) is 5.10 Å². The number of rotatable bonds is 7. The molecule has 1 heterocycles. The fraction of sp³-hybridized carbons (Fsp3) is 0.300. The summed E-state index contributed by atoms with van der Waals surface area (Å²) in [4.78, 5) is 11.9. The Labute approximate surface area is 173 Å². The van der Waals surface area contributed by atoms with Crippen molar-refractivity contribution in [1.82, 2.24) is 5.43 Å². The van der Waals surface area contributed by atoms with Gasteiger partial charge in [0.1, 0.15) is 12.4 Å². The van der Waals surface area contributed by atoms with Crippen LogP contribution in [0.2, 0.25) is 10.0 Å². The minimum atomic E-state index is -0.869. The summed E-state index contributed by atoms with van der Waals surface area (Å²) >= 11 is 12.0. The fourth-order valence-corrected chi connectivity index (χ4v) is 3.08. The van der Waals surface area contributed by atoms with E-state index >= 15 is 0 Å². The van der Waals surface area contributed by atoms with Gasteiger partial charge in [-0.3, -0.25) is 4.79 Å². The summed E-state index contributed by atoms with van der Waals surface area (Å²) in [7, 11) is 0. The van der Waals surface area contributed by atoms with E-state index in [0.29, 0.717) is 35.6 Å². The van der Waals surface area contributed by atoms with Gasteiger partial charge in [-0.15, -0.1) is 0 Å². The number of nitrogens with one attached hydrogen (secondary N) is 1. The van der Waals surface area contributed by atoms with Gasteiger partial charge in [0.25, 0.3) is 0 Å². The smallest absolute Gasteiger partial charge is 0.245 e. The maximum absolute atomic E-state index is 11.9. The Morgan fingerprint density at radius 3 is 2.61 bits per heavy atom. The normalized spacial score (nSPS) is 15.7. The van der Waals surface area contributed by atoms with E-state index in [4.69, 9.17) is 37.4 Å². The number of halogens is 2. The van der Waals surface area contributed by atoms with Crippen molar-refractivity contribution in [2.75, 3.05) is 13.2 Å². The van der Waals surface area contributed by atoms with Crippen molar-refractivity contribution in [3.63, 3.8) is 0 Å². The Morgan fingerprint density at radius 1 is 1.21 bits per heavy atom. The zero-order valence-corrected chi connectivity index (χ0v) is 16.8. The second-order valence-electron chi connectivity index (χ2n) is 6.39. The highest BCUT2D eigenvalue weighted by molar-refractivity contribution is 6.35. The van der Waals surface area contributed by atoms with Crippen LogP contribution in [0.15, 0.2) is 47.6 Å².